The Balaban J connectivity index is 1.39. The van der Waals surface area contributed by atoms with Gasteiger partial charge in [0.2, 0.25) is 11.7 Å². The summed E-state index contributed by atoms with van der Waals surface area (Å²) in [6.45, 7) is 5.13. The molecule has 1 saturated heterocycles. The number of amides is 1. The minimum Gasteiger partial charge on any atom is -0.368 e. The van der Waals surface area contributed by atoms with E-state index in [-0.39, 0.29) is 5.91 Å². The Kier molecular flexibility index (Phi) is 4.71. The van der Waals surface area contributed by atoms with Gasteiger partial charge in [0.1, 0.15) is 0 Å². The highest BCUT2D eigenvalue weighted by atomic mass is 32.1. The van der Waals surface area contributed by atoms with Crippen LogP contribution in [0.4, 0.5) is 5.69 Å². The van der Waals surface area contributed by atoms with Crippen molar-refractivity contribution in [2.75, 3.05) is 31.1 Å². The van der Waals surface area contributed by atoms with Gasteiger partial charge in [0, 0.05) is 43.9 Å². The molecule has 26 heavy (non-hydrogen) atoms. The quantitative estimate of drug-likeness (QED) is 0.707. The number of aromatic nitrogens is 2. The van der Waals surface area contributed by atoms with E-state index >= 15 is 0 Å². The summed E-state index contributed by atoms with van der Waals surface area (Å²) in [5.41, 5.74) is 2.10. The molecule has 0 N–H and O–H groups in total. The number of thiophene rings is 1. The zero-order valence-electron chi connectivity index (χ0n) is 14.6. The lowest BCUT2D eigenvalue weighted by molar-refractivity contribution is 0.0751. The topological polar surface area (TPSA) is 62.5 Å². The Morgan fingerprint density at radius 1 is 1.15 bits per heavy atom. The molecule has 2 aromatic heterocycles. The SMILES string of the molecule is CCc1nc(-c2ccc(N3CCN(C(=O)c4cccs4)CC3)cc2)no1. The molecule has 0 radical (unpaired) electrons. The van der Waals surface area contributed by atoms with Gasteiger partial charge >= 0.3 is 0 Å². The molecule has 0 spiro atoms. The van der Waals surface area contributed by atoms with Gasteiger partial charge in [0.25, 0.3) is 5.91 Å². The molecule has 1 amide bonds. The number of nitrogens with zero attached hydrogens (tertiary/aromatic N) is 4. The van der Waals surface area contributed by atoms with E-state index in [2.05, 4.69) is 27.2 Å². The van der Waals surface area contributed by atoms with Gasteiger partial charge in [-0.3, -0.25) is 4.79 Å². The van der Waals surface area contributed by atoms with Crippen LogP contribution in [0.3, 0.4) is 0 Å². The molecule has 1 aliphatic rings. The smallest absolute Gasteiger partial charge is 0.264 e. The first-order valence-electron chi connectivity index (χ1n) is 8.75. The number of carbonyl (C=O) groups excluding carboxylic acids is 1. The molecule has 0 saturated carbocycles. The van der Waals surface area contributed by atoms with Crippen molar-refractivity contribution in [1.82, 2.24) is 15.0 Å². The predicted octanol–water partition coefficient (Wildman–Crippen LogP) is 3.32. The number of aryl methyl sites for hydroxylation is 1. The fourth-order valence-corrected chi connectivity index (χ4v) is 3.75. The number of hydrogen-bond donors (Lipinski definition) is 0. The van der Waals surface area contributed by atoms with Crippen molar-refractivity contribution in [2.24, 2.45) is 0 Å². The second-order valence-corrected chi connectivity index (χ2v) is 7.12. The molecule has 4 rings (SSSR count). The van der Waals surface area contributed by atoms with Crippen LogP contribution in [0, 0.1) is 0 Å². The molecular formula is C19H20N4O2S. The summed E-state index contributed by atoms with van der Waals surface area (Å²) in [5.74, 6) is 1.41. The van der Waals surface area contributed by atoms with Crippen molar-refractivity contribution < 1.29 is 9.32 Å². The number of benzene rings is 1. The number of piperazine rings is 1. The molecule has 6 nitrogen and oxygen atoms in total. The highest BCUT2D eigenvalue weighted by molar-refractivity contribution is 7.12. The number of hydrogen-bond acceptors (Lipinski definition) is 6. The highest BCUT2D eigenvalue weighted by Gasteiger charge is 2.22. The van der Waals surface area contributed by atoms with Gasteiger partial charge in [0.15, 0.2) is 0 Å². The second-order valence-electron chi connectivity index (χ2n) is 6.17. The first-order valence-corrected chi connectivity index (χ1v) is 9.63. The Hall–Kier alpha value is -2.67. The number of anilines is 1. The third-order valence-electron chi connectivity index (χ3n) is 4.56. The lowest BCUT2D eigenvalue weighted by Gasteiger charge is -2.36. The van der Waals surface area contributed by atoms with E-state index in [9.17, 15) is 4.79 Å². The molecule has 134 valence electrons. The van der Waals surface area contributed by atoms with Crippen molar-refractivity contribution in [2.45, 2.75) is 13.3 Å². The first-order chi connectivity index (χ1) is 12.7. The normalized spacial score (nSPS) is 14.7. The molecule has 7 heteroatoms. The molecule has 1 fully saturated rings. The summed E-state index contributed by atoms with van der Waals surface area (Å²) in [7, 11) is 0. The lowest BCUT2D eigenvalue weighted by atomic mass is 10.1. The molecule has 1 aliphatic heterocycles. The van der Waals surface area contributed by atoms with Crippen LogP contribution >= 0.6 is 11.3 Å². The lowest BCUT2D eigenvalue weighted by Crippen LogP contribution is -2.48. The van der Waals surface area contributed by atoms with Crippen LogP contribution in [-0.4, -0.2) is 47.1 Å². The third-order valence-corrected chi connectivity index (χ3v) is 5.42. The highest BCUT2D eigenvalue weighted by Crippen LogP contribution is 2.23. The minimum atomic E-state index is 0.138. The Morgan fingerprint density at radius 2 is 1.92 bits per heavy atom. The van der Waals surface area contributed by atoms with Crippen LogP contribution in [-0.2, 0) is 6.42 Å². The van der Waals surface area contributed by atoms with Gasteiger partial charge in [-0.1, -0.05) is 18.1 Å². The molecule has 0 unspecified atom stereocenters. The Morgan fingerprint density at radius 3 is 2.54 bits per heavy atom. The van der Waals surface area contributed by atoms with E-state index in [1.165, 1.54) is 11.3 Å². The Labute approximate surface area is 156 Å². The zero-order chi connectivity index (χ0) is 17.9. The zero-order valence-corrected chi connectivity index (χ0v) is 15.4. The maximum atomic E-state index is 12.4. The number of rotatable bonds is 4. The first kappa shape index (κ1) is 16.8. The number of carbonyl (C=O) groups is 1. The van der Waals surface area contributed by atoms with E-state index in [0.717, 1.165) is 48.7 Å². The largest absolute Gasteiger partial charge is 0.368 e. The monoisotopic (exact) mass is 368 g/mol. The summed E-state index contributed by atoms with van der Waals surface area (Å²) < 4.78 is 5.17. The molecule has 0 atom stereocenters. The van der Waals surface area contributed by atoms with Gasteiger partial charge in [-0.25, -0.2) is 0 Å². The van der Waals surface area contributed by atoms with Crippen LogP contribution in [0.15, 0.2) is 46.3 Å². The third kappa shape index (κ3) is 3.35. The standard InChI is InChI=1S/C19H20N4O2S/c1-2-17-20-18(21-25-17)14-5-7-15(8-6-14)22-9-11-23(12-10-22)19(24)16-4-3-13-26-16/h3-8,13H,2,9-12H2,1H3. The van der Waals surface area contributed by atoms with Crippen LogP contribution in [0.25, 0.3) is 11.4 Å². The van der Waals surface area contributed by atoms with Gasteiger partial charge < -0.3 is 14.3 Å². The van der Waals surface area contributed by atoms with E-state index in [4.69, 9.17) is 4.52 Å². The van der Waals surface area contributed by atoms with E-state index < -0.39 is 0 Å². The van der Waals surface area contributed by atoms with Crippen LogP contribution < -0.4 is 4.90 Å². The average molecular weight is 368 g/mol. The minimum absolute atomic E-state index is 0.138. The Bertz CT molecular complexity index is 865. The van der Waals surface area contributed by atoms with E-state index in [0.29, 0.717) is 11.7 Å². The van der Waals surface area contributed by atoms with Crippen LogP contribution in [0.1, 0.15) is 22.5 Å². The van der Waals surface area contributed by atoms with Gasteiger partial charge in [-0.2, -0.15) is 4.98 Å². The van der Waals surface area contributed by atoms with Crippen LogP contribution in [0.2, 0.25) is 0 Å². The van der Waals surface area contributed by atoms with Crippen molar-refractivity contribution in [3.63, 3.8) is 0 Å². The summed E-state index contributed by atoms with van der Waals surface area (Å²) >= 11 is 1.50. The fourth-order valence-electron chi connectivity index (χ4n) is 3.06. The molecule has 3 heterocycles. The molecule has 0 aliphatic carbocycles. The molecule has 1 aromatic carbocycles. The average Bonchev–Trinajstić information content (AvgIpc) is 3.40. The molecule has 0 bridgehead atoms. The fraction of sp³-hybridized carbons (Fsp3) is 0.316. The van der Waals surface area contributed by atoms with Crippen molar-refractivity contribution in [3.8, 4) is 11.4 Å². The van der Waals surface area contributed by atoms with E-state index in [1.807, 2.05) is 41.5 Å². The summed E-state index contributed by atoms with van der Waals surface area (Å²) in [6, 6.07) is 12.0. The second kappa shape index (κ2) is 7.29. The van der Waals surface area contributed by atoms with Gasteiger partial charge in [-0.05, 0) is 35.7 Å². The van der Waals surface area contributed by atoms with Crippen molar-refractivity contribution in [3.05, 3.63) is 52.5 Å². The van der Waals surface area contributed by atoms with Crippen LogP contribution in [0.5, 0.6) is 0 Å². The summed E-state index contributed by atoms with van der Waals surface area (Å²) in [6.07, 6.45) is 0.736. The van der Waals surface area contributed by atoms with Gasteiger partial charge in [0.05, 0.1) is 4.88 Å². The predicted molar refractivity (Wildman–Crippen MR) is 102 cm³/mol. The molecule has 3 aromatic rings. The van der Waals surface area contributed by atoms with E-state index in [1.54, 1.807) is 0 Å². The molecular weight excluding hydrogens is 348 g/mol. The van der Waals surface area contributed by atoms with Crippen molar-refractivity contribution >= 4 is 22.9 Å². The maximum absolute atomic E-state index is 12.4. The summed E-state index contributed by atoms with van der Waals surface area (Å²) in [5, 5.41) is 5.95. The summed E-state index contributed by atoms with van der Waals surface area (Å²) in [4.78, 5) is 21.8. The maximum Gasteiger partial charge on any atom is 0.264 e. The van der Waals surface area contributed by atoms with Gasteiger partial charge in [-0.15, -0.1) is 11.3 Å². The van der Waals surface area contributed by atoms with Crippen molar-refractivity contribution in [1.29, 1.82) is 0 Å².